The van der Waals surface area contributed by atoms with E-state index in [1.54, 1.807) is 0 Å². The first-order valence-corrected chi connectivity index (χ1v) is 8.92. The van der Waals surface area contributed by atoms with Crippen LogP contribution in [0.4, 0.5) is 0 Å². The second-order valence-corrected chi connectivity index (χ2v) is 7.49. The third-order valence-corrected chi connectivity index (χ3v) is 5.93. The molecule has 1 atom stereocenters. The first-order chi connectivity index (χ1) is 9.74. The van der Waals surface area contributed by atoms with Crippen molar-refractivity contribution in [1.29, 1.82) is 0 Å². The van der Waals surface area contributed by atoms with Gasteiger partial charge in [-0.3, -0.25) is 0 Å². The molecule has 1 aromatic carbocycles. The van der Waals surface area contributed by atoms with Gasteiger partial charge in [-0.2, -0.15) is 0 Å². The Hall–Kier alpha value is -0.640. The molecule has 1 fully saturated rings. The zero-order valence-electron chi connectivity index (χ0n) is 11.7. The fourth-order valence-corrected chi connectivity index (χ4v) is 4.22. The summed E-state index contributed by atoms with van der Waals surface area (Å²) in [5.41, 5.74) is 2.89. The summed E-state index contributed by atoms with van der Waals surface area (Å²) in [6, 6.07) is 11.7. The quantitative estimate of drug-likeness (QED) is 0.782. The highest BCUT2D eigenvalue weighted by Crippen LogP contribution is 2.31. The lowest BCUT2D eigenvalue weighted by Crippen LogP contribution is -2.25. The third-order valence-electron chi connectivity index (χ3n) is 3.98. The Balaban J connectivity index is 1.79. The van der Waals surface area contributed by atoms with E-state index in [2.05, 4.69) is 63.9 Å². The Morgan fingerprint density at radius 3 is 2.75 bits per heavy atom. The summed E-state index contributed by atoms with van der Waals surface area (Å²) in [5, 5.41) is 5.87. The van der Waals surface area contributed by atoms with E-state index in [9.17, 15) is 0 Å². The Bertz CT molecular complexity index is 574. The van der Waals surface area contributed by atoms with Gasteiger partial charge in [0.2, 0.25) is 0 Å². The number of hydrogen-bond donors (Lipinski definition) is 1. The van der Waals surface area contributed by atoms with Crippen molar-refractivity contribution in [2.75, 3.05) is 6.54 Å². The zero-order valence-corrected chi connectivity index (χ0v) is 14.1. The van der Waals surface area contributed by atoms with E-state index in [0.717, 1.165) is 19.0 Å². The summed E-state index contributed by atoms with van der Waals surface area (Å²) in [6.45, 7) is 3.31. The molecule has 3 heteroatoms. The normalized spacial score (nSPS) is 16.3. The molecule has 1 aliphatic carbocycles. The molecular formula is C17H20BrNS. The van der Waals surface area contributed by atoms with Gasteiger partial charge in [-0.1, -0.05) is 24.3 Å². The Morgan fingerprint density at radius 2 is 2.10 bits per heavy atom. The summed E-state index contributed by atoms with van der Waals surface area (Å²) in [5.74, 6) is 0.562. The molecule has 0 spiro atoms. The van der Waals surface area contributed by atoms with Gasteiger partial charge in [0.15, 0.2) is 0 Å². The highest BCUT2D eigenvalue weighted by molar-refractivity contribution is 9.10. The topological polar surface area (TPSA) is 12.0 Å². The van der Waals surface area contributed by atoms with Crippen molar-refractivity contribution in [3.63, 3.8) is 0 Å². The van der Waals surface area contributed by atoms with Gasteiger partial charge in [0, 0.05) is 27.9 Å². The molecule has 2 aromatic rings. The summed E-state index contributed by atoms with van der Waals surface area (Å²) >= 11 is 5.52. The van der Waals surface area contributed by atoms with Crippen LogP contribution in [0.25, 0.3) is 0 Å². The van der Waals surface area contributed by atoms with Gasteiger partial charge in [0.05, 0.1) is 0 Å². The molecular weight excluding hydrogens is 330 g/mol. The highest BCUT2D eigenvalue weighted by Gasteiger charge is 2.23. The molecule has 1 nitrogen and oxygen atoms in total. The van der Waals surface area contributed by atoms with Crippen LogP contribution in [-0.2, 0) is 6.42 Å². The highest BCUT2D eigenvalue weighted by atomic mass is 79.9. The molecule has 1 N–H and O–H groups in total. The second-order valence-electron chi connectivity index (χ2n) is 5.63. The molecule has 1 saturated carbocycles. The molecule has 0 saturated heterocycles. The second kappa shape index (κ2) is 6.42. The number of hydrogen-bond acceptors (Lipinski definition) is 2. The lowest BCUT2D eigenvalue weighted by molar-refractivity contribution is 0.577. The largest absolute Gasteiger partial charge is 0.313 e. The fourth-order valence-electron chi connectivity index (χ4n) is 2.63. The molecule has 0 bridgehead atoms. The van der Waals surface area contributed by atoms with Crippen molar-refractivity contribution >= 4 is 27.3 Å². The van der Waals surface area contributed by atoms with Crippen LogP contribution in [0.2, 0.25) is 0 Å². The van der Waals surface area contributed by atoms with Crippen LogP contribution in [0.1, 0.15) is 34.8 Å². The van der Waals surface area contributed by atoms with Crippen LogP contribution in [0.3, 0.4) is 0 Å². The van der Waals surface area contributed by atoms with Crippen molar-refractivity contribution in [2.24, 2.45) is 0 Å². The first-order valence-electron chi connectivity index (χ1n) is 7.25. The van der Waals surface area contributed by atoms with Gasteiger partial charge < -0.3 is 5.32 Å². The van der Waals surface area contributed by atoms with E-state index in [1.807, 2.05) is 11.3 Å². The predicted molar refractivity (Wildman–Crippen MR) is 90.7 cm³/mol. The minimum Gasteiger partial charge on any atom is -0.313 e. The van der Waals surface area contributed by atoms with Crippen LogP contribution in [0.15, 0.2) is 40.2 Å². The number of benzene rings is 1. The van der Waals surface area contributed by atoms with Crippen molar-refractivity contribution in [1.82, 2.24) is 5.32 Å². The average molecular weight is 350 g/mol. The third kappa shape index (κ3) is 3.51. The number of nitrogens with one attached hydrogen (secondary N) is 1. The van der Waals surface area contributed by atoms with E-state index < -0.39 is 0 Å². The van der Waals surface area contributed by atoms with Crippen LogP contribution in [-0.4, -0.2) is 12.6 Å². The molecule has 0 aliphatic heterocycles. The summed E-state index contributed by atoms with van der Waals surface area (Å²) in [6.07, 6.45) is 3.81. The van der Waals surface area contributed by atoms with Crippen LogP contribution in [0, 0.1) is 6.92 Å². The Morgan fingerprint density at radius 1 is 1.30 bits per heavy atom. The van der Waals surface area contributed by atoms with Crippen molar-refractivity contribution in [3.05, 3.63) is 56.2 Å². The predicted octanol–water partition coefficient (Wildman–Crippen LogP) is 4.90. The lowest BCUT2D eigenvalue weighted by Gasteiger charge is -2.20. The molecule has 106 valence electrons. The van der Waals surface area contributed by atoms with E-state index in [1.165, 1.54) is 33.3 Å². The van der Waals surface area contributed by atoms with Gasteiger partial charge in [-0.15, -0.1) is 11.3 Å². The number of thiophene rings is 1. The number of halogens is 1. The molecule has 1 aromatic heterocycles. The minimum absolute atomic E-state index is 0.562. The summed E-state index contributed by atoms with van der Waals surface area (Å²) in [4.78, 5) is 1.45. The standard InChI is InChI=1S/C17H20BrNS/c1-12-4-2-3-5-15(12)13(11-19-14-6-7-14)10-17-16(18)8-9-20-17/h2-5,8-9,13-14,19H,6-7,10-11H2,1H3. The Labute approximate surface area is 133 Å². The van der Waals surface area contributed by atoms with E-state index in [0.29, 0.717) is 5.92 Å². The Kier molecular flexibility index (Phi) is 4.59. The maximum absolute atomic E-state index is 3.70. The van der Waals surface area contributed by atoms with E-state index in [-0.39, 0.29) is 0 Å². The SMILES string of the molecule is Cc1ccccc1C(CNC1CC1)Cc1sccc1Br. The lowest BCUT2D eigenvalue weighted by atomic mass is 9.91. The molecule has 3 rings (SSSR count). The molecule has 1 unspecified atom stereocenters. The van der Waals surface area contributed by atoms with Gasteiger partial charge in [-0.05, 0) is 64.7 Å². The molecule has 1 heterocycles. The van der Waals surface area contributed by atoms with Crippen LogP contribution >= 0.6 is 27.3 Å². The minimum atomic E-state index is 0.562. The average Bonchev–Trinajstić information content (AvgIpc) is 3.19. The summed E-state index contributed by atoms with van der Waals surface area (Å²) < 4.78 is 1.26. The van der Waals surface area contributed by atoms with Crippen molar-refractivity contribution in [3.8, 4) is 0 Å². The first kappa shape index (κ1) is 14.3. The van der Waals surface area contributed by atoms with Gasteiger partial charge >= 0.3 is 0 Å². The maximum Gasteiger partial charge on any atom is 0.0314 e. The number of rotatable bonds is 6. The van der Waals surface area contributed by atoms with Gasteiger partial charge in [-0.25, -0.2) is 0 Å². The smallest absolute Gasteiger partial charge is 0.0314 e. The molecule has 0 amide bonds. The molecule has 1 aliphatic rings. The summed E-state index contributed by atoms with van der Waals surface area (Å²) in [7, 11) is 0. The van der Waals surface area contributed by atoms with Crippen molar-refractivity contribution in [2.45, 2.75) is 38.1 Å². The van der Waals surface area contributed by atoms with E-state index >= 15 is 0 Å². The van der Waals surface area contributed by atoms with Crippen LogP contribution in [0.5, 0.6) is 0 Å². The molecule has 0 radical (unpaired) electrons. The molecule has 20 heavy (non-hydrogen) atoms. The van der Waals surface area contributed by atoms with Gasteiger partial charge in [0.1, 0.15) is 0 Å². The van der Waals surface area contributed by atoms with E-state index in [4.69, 9.17) is 0 Å². The van der Waals surface area contributed by atoms with Gasteiger partial charge in [0.25, 0.3) is 0 Å². The number of aryl methyl sites for hydroxylation is 1. The van der Waals surface area contributed by atoms with Crippen LogP contribution < -0.4 is 5.32 Å². The fraction of sp³-hybridized carbons (Fsp3) is 0.412. The van der Waals surface area contributed by atoms with Crippen molar-refractivity contribution < 1.29 is 0 Å². The monoisotopic (exact) mass is 349 g/mol. The maximum atomic E-state index is 3.70. The zero-order chi connectivity index (χ0) is 13.9.